The van der Waals surface area contributed by atoms with Gasteiger partial charge in [0, 0.05) is 11.6 Å². The highest BCUT2D eigenvalue weighted by atomic mass is 35.5. The third kappa shape index (κ3) is 3.11. The Morgan fingerprint density at radius 2 is 2.11 bits per heavy atom. The molecule has 0 aliphatic rings. The molecule has 7 heteroatoms. The maximum Gasteiger partial charge on any atom is 0.323 e. The minimum Gasteiger partial charge on any atom is -0.480 e. The third-order valence-electron chi connectivity index (χ3n) is 2.36. The molecule has 1 aromatic heterocycles. The molecule has 19 heavy (non-hydrogen) atoms. The third-order valence-corrected chi connectivity index (χ3v) is 2.69. The number of anilines is 1. The van der Waals surface area contributed by atoms with Gasteiger partial charge >= 0.3 is 12.0 Å². The predicted molar refractivity (Wildman–Crippen MR) is 71.4 cm³/mol. The number of pyridine rings is 1. The second-order valence-corrected chi connectivity index (χ2v) is 4.10. The summed E-state index contributed by atoms with van der Waals surface area (Å²) < 4.78 is 0. The number of urea groups is 1. The number of fused-ring (bicyclic) bond motifs is 1. The topological polar surface area (TPSA) is 91.3 Å². The maximum atomic E-state index is 11.5. The van der Waals surface area contributed by atoms with Gasteiger partial charge in [0.05, 0.1) is 16.2 Å². The van der Waals surface area contributed by atoms with Crippen molar-refractivity contribution in [3.05, 3.63) is 35.5 Å². The Hall–Kier alpha value is -2.34. The van der Waals surface area contributed by atoms with Crippen molar-refractivity contribution >= 4 is 40.2 Å². The number of carbonyl (C=O) groups is 2. The summed E-state index contributed by atoms with van der Waals surface area (Å²) in [4.78, 5) is 26.0. The fourth-order valence-corrected chi connectivity index (χ4v) is 1.78. The van der Waals surface area contributed by atoms with Crippen LogP contribution < -0.4 is 10.6 Å². The van der Waals surface area contributed by atoms with Crippen molar-refractivity contribution in [2.24, 2.45) is 0 Å². The van der Waals surface area contributed by atoms with Gasteiger partial charge in [-0.05, 0) is 24.3 Å². The van der Waals surface area contributed by atoms with Crippen molar-refractivity contribution in [1.82, 2.24) is 10.3 Å². The number of halogens is 1. The Morgan fingerprint density at radius 1 is 1.32 bits per heavy atom. The molecule has 0 aliphatic heterocycles. The Balaban J connectivity index is 2.24. The number of nitrogens with one attached hydrogen (secondary N) is 2. The zero-order valence-corrected chi connectivity index (χ0v) is 10.4. The molecule has 0 unspecified atom stereocenters. The fraction of sp³-hybridized carbons (Fsp3) is 0.0833. The molecular formula is C12H10ClN3O3. The average Bonchev–Trinajstić information content (AvgIpc) is 2.40. The molecule has 1 heterocycles. The zero-order valence-electron chi connectivity index (χ0n) is 9.68. The lowest BCUT2D eigenvalue weighted by Crippen LogP contribution is -2.33. The number of aromatic nitrogens is 1. The van der Waals surface area contributed by atoms with Crippen LogP contribution in [0.15, 0.2) is 30.5 Å². The second kappa shape index (κ2) is 5.53. The van der Waals surface area contributed by atoms with Crippen molar-refractivity contribution < 1.29 is 14.7 Å². The smallest absolute Gasteiger partial charge is 0.323 e. The van der Waals surface area contributed by atoms with Gasteiger partial charge in [0.2, 0.25) is 0 Å². The molecule has 0 atom stereocenters. The summed E-state index contributed by atoms with van der Waals surface area (Å²) in [6.07, 6.45) is 1.58. The SMILES string of the molecule is O=C(O)CNC(=O)Nc1ccc(Cl)c2cccnc12. The molecule has 0 radical (unpaired) electrons. The van der Waals surface area contributed by atoms with E-state index in [4.69, 9.17) is 16.7 Å². The zero-order chi connectivity index (χ0) is 13.8. The molecule has 2 amide bonds. The van der Waals surface area contributed by atoms with Crippen LogP contribution in [-0.4, -0.2) is 28.6 Å². The van der Waals surface area contributed by atoms with E-state index >= 15 is 0 Å². The van der Waals surface area contributed by atoms with E-state index < -0.39 is 18.5 Å². The first-order valence-electron chi connectivity index (χ1n) is 5.38. The molecule has 0 fully saturated rings. The molecule has 6 nitrogen and oxygen atoms in total. The summed E-state index contributed by atoms with van der Waals surface area (Å²) in [6, 6.07) is 6.15. The molecule has 98 valence electrons. The lowest BCUT2D eigenvalue weighted by atomic mass is 10.2. The second-order valence-electron chi connectivity index (χ2n) is 3.70. The number of carbonyl (C=O) groups excluding carboxylic acids is 1. The van der Waals surface area contributed by atoms with Gasteiger partial charge in [0.15, 0.2) is 0 Å². The van der Waals surface area contributed by atoms with Crippen LogP contribution in [0, 0.1) is 0 Å². The van der Waals surface area contributed by atoms with Crippen LogP contribution in [0.3, 0.4) is 0 Å². The number of nitrogens with zero attached hydrogens (tertiary/aromatic N) is 1. The number of rotatable bonds is 3. The molecule has 3 N–H and O–H groups in total. The van der Waals surface area contributed by atoms with Gasteiger partial charge in [-0.1, -0.05) is 11.6 Å². The Labute approximate surface area is 113 Å². The highest BCUT2D eigenvalue weighted by molar-refractivity contribution is 6.35. The molecule has 1 aromatic carbocycles. The molecule has 2 aromatic rings. The number of hydrogen-bond donors (Lipinski definition) is 3. The number of carboxylic acid groups (broad SMARTS) is 1. The van der Waals surface area contributed by atoms with E-state index in [1.165, 1.54) is 0 Å². The van der Waals surface area contributed by atoms with E-state index in [-0.39, 0.29) is 0 Å². The van der Waals surface area contributed by atoms with Crippen LogP contribution >= 0.6 is 11.6 Å². The van der Waals surface area contributed by atoms with E-state index in [1.807, 2.05) is 0 Å². The summed E-state index contributed by atoms with van der Waals surface area (Å²) in [5.74, 6) is -1.12. The van der Waals surface area contributed by atoms with Crippen LogP contribution in [0.4, 0.5) is 10.5 Å². The van der Waals surface area contributed by atoms with Gasteiger partial charge in [-0.2, -0.15) is 0 Å². The standard InChI is InChI=1S/C12H10ClN3O3/c13-8-3-4-9(11-7(8)2-1-5-14-11)16-12(19)15-6-10(17)18/h1-5H,6H2,(H,17,18)(H2,15,16,19). The molecule has 0 saturated heterocycles. The lowest BCUT2D eigenvalue weighted by Gasteiger charge is -2.09. The minimum absolute atomic E-state index is 0.454. The fourth-order valence-electron chi connectivity index (χ4n) is 1.56. The Kier molecular flexibility index (Phi) is 3.82. The predicted octanol–water partition coefficient (Wildman–Crippen LogP) is 2.09. The van der Waals surface area contributed by atoms with Gasteiger partial charge in [-0.25, -0.2) is 4.79 Å². The van der Waals surface area contributed by atoms with Crippen LogP contribution in [0.25, 0.3) is 10.9 Å². The van der Waals surface area contributed by atoms with E-state index in [0.717, 1.165) is 0 Å². The number of carboxylic acids is 1. The highest BCUT2D eigenvalue weighted by Gasteiger charge is 2.09. The monoisotopic (exact) mass is 279 g/mol. The first-order valence-corrected chi connectivity index (χ1v) is 5.75. The van der Waals surface area contributed by atoms with E-state index in [1.54, 1.807) is 30.5 Å². The maximum absolute atomic E-state index is 11.5. The van der Waals surface area contributed by atoms with Crippen LogP contribution in [0.1, 0.15) is 0 Å². The average molecular weight is 280 g/mol. The van der Waals surface area contributed by atoms with E-state index in [0.29, 0.717) is 21.6 Å². The number of benzene rings is 1. The molecule has 2 rings (SSSR count). The molecule has 0 aliphatic carbocycles. The van der Waals surface area contributed by atoms with Crippen molar-refractivity contribution in [3.63, 3.8) is 0 Å². The normalized spacial score (nSPS) is 10.2. The molecule has 0 bridgehead atoms. The van der Waals surface area contributed by atoms with E-state index in [9.17, 15) is 9.59 Å². The summed E-state index contributed by atoms with van der Waals surface area (Å²) >= 11 is 6.02. The first-order chi connectivity index (χ1) is 9.08. The minimum atomic E-state index is -1.12. The first kappa shape index (κ1) is 13.1. The van der Waals surface area contributed by atoms with Gasteiger partial charge in [0.1, 0.15) is 6.54 Å². The molecule has 0 saturated carbocycles. The number of aliphatic carboxylic acids is 1. The van der Waals surface area contributed by atoms with Gasteiger partial charge in [-0.15, -0.1) is 0 Å². The van der Waals surface area contributed by atoms with Gasteiger partial charge < -0.3 is 15.7 Å². The van der Waals surface area contributed by atoms with Crippen LogP contribution in [0.2, 0.25) is 5.02 Å². The quantitative estimate of drug-likeness (QED) is 0.802. The van der Waals surface area contributed by atoms with Crippen LogP contribution in [-0.2, 0) is 4.79 Å². The highest BCUT2D eigenvalue weighted by Crippen LogP contribution is 2.27. The van der Waals surface area contributed by atoms with Crippen molar-refractivity contribution in [1.29, 1.82) is 0 Å². The number of amides is 2. The molecule has 0 spiro atoms. The Morgan fingerprint density at radius 3 is 2.84 bits per heavy atom. The number of hydrogen-bond acceptors (Lipinski definition) is 3. The van der Waals surface area contributed by atoms with Crippen molar-refractivity contribution in [3.8, 4) is 0 Å². The Bertz CT molecular complexity index is 645. The molecular weight excluding hydrogens is 270 g/mol. The van der Waals surface area contributed by atoms with Crippen LogP contribution in [0.5, 0.6) is 0 Å². The van der Waals surface area contributed by atoms with E-state index in [2.05, 4.69) is 15.6 Å². The van der Waals surface area contributed by atoms with Gasteiger partial charge in [-0.3, -0.25) is 9.78 Å². The summed E-state index contributed by atoms with van der Waals surface area (Å²) in [7, 11) is 0. The lowest BCUT2D eigenvalue weighted by molar-refractivity contribution is -0.135. The largest absolute Gasteiger partial charge is 0.480 e. The van der Waals surface area contributed by atoms with Crippen molar-refractivity contribution in [2.75, 3.05) is 11.9 Å². The summed E-state index contributed by atoms with van der Waals surface area (Å²) in [6.45, 7) is -0.454. The van der Waals surface area contributed by atoms with Crippen molar-refractivity contribution in [2.45, 2.75) is 0 Å². The van der Waals surface area contributed by atoms with Gasteiger partial charge in [0.25, 0.3) is 0 Å². The summed E-state index contributed by atoms with van der Waals surface area (Å²) in [5.41, 5.74) is 1.00. The summed E-state index contributed by atoms with van der Waals surface area (Å²) in [5, 5.41) is 14.4.